The topological polar surface area (TPSA) is 26.3 Å². The molecular formula is C15H26O2. The van der Waals surface area contributed by atoms with E-state index in [9.17, 15) is 4.79 Å². The fourth-order valence-corrected chi connectivity index (χ4v) is 1.56. The monoisotopic (exact) mass is 238 g/mol. The summed E-state index contributed by atoms with van der Waals surface area (Å²) in [5.41, 5.74) is 1.68. The lowest BCUT2D eigenvalue weighted by Gasteiger charge is -2.01. The van der Waals surface area contributed by atoms with Crippen LogP contribution in [-0.2, 0) is 9.53 Å². The van der Waals surface area contributed by atoms with Gasteiger partial charge in [0, 0.05) is 5.57 Å². The first kappa shape index (κ1) is 16.0. The van der Waals surface area contributed by atoms with Crippen LogP contribution < -0.4 is 0 Å². The Kier molecular flexibility index (Phi) is 9.50. The summed E-state index contributed by atoms with van der Waals surface area (Å²) in [5.74, 6) is -0.241. The molecule has 2 nitrogen and oxygen atoms in total. The van der Waals surface area contributed by atoms with Gasteiger partial charge in [0.2, 0.25) is 0 Å². The van der Waals surface area contributed by atoms with Gasteiger partial charge in [-0.05, 0) is 32.3 Å². The number of hydrogen-bond donors (Lipinski definition) is 0. The number of rotatable bonds is 8. The number of ether oxygens (including phenoxy) is 1. The summed E-state index contributed by atoms with van der Waals surface area (Å²) in [7, 11) is 1.41. The molecule has 0 saturated heterocycles. The number of esters is 1. The Hall–Kier alpha value is -1.05. The highest BCUT2D eigenvalue weighted by atomic mass is 16.5. The molecule has 0 bridgehead atoms. The number of methoxy groups -OCH3 is 1. The van der Waals surface area contributed by atoms with Crippen molar-refractivity contribution >= 4 is 5.97 Å². The Balaban J connectivity index is 3.88. The molecule has 0 aromatic rings. The average Bonchev–Trinajstić information content (AvgIpc) is 2.35. The van der Waals surface area contributed by atoms with Crippen molar-refractivity contribution in [3.8, 4) is 0 Å². The van der Waals surface area contributed by atoms with Gasteiger partial charge >= 0.3 is 5.97 Å². The Morgan fingerprint density at radius 3 is 2.35 bits per heavy atom. The molecule has 0 spiro atoms. The van der Waals surface area contributed by atoms with E-state index >= 15 is 0 Å². The lowest BCUT2D eigenvalue weighted by Crippen LogP contribution is -2.02. The van der Waals surface area contributed by atoms with Gasteiger partial charge in [0.25, 0.3) is 0 Å². The molecule has 0 aromatic heterocycles. The predicted octanol–water partition coefficient (Wildman–Crippen LogP) is 4.41. The minimum atomic E-state index is -0.241. The third kappa shape index (κ3) is 7.78. The maximum atomic E-state index is 11.2. The van der Waals surface area contributed by atoms with Crippen LogP contribution in [-0.4, -0.2) is 13.1 Å². The SMILES string of the molecule is CCCCCCCC=CC(C)=C(C)C(=O)OC. The van der Waals surface area contributed by atoms with Gasteiger partial charge in [-0.25, -0.2) is 4.79 Å². The first-order valence-electron chi connectivity index (χ1n) is 6.55. The summed E-state index contributed by atoms with van der Waals surface area (Å²) in [6.07, 6.45) is 11.8. The normalized spacial score (nSPS) is 12.7. The van der Waals surface area contributed by atoms with Crippen molar-refractivity contribution in [2.24, 2.45) is 0 Å². The quantitative estimate of drug-likeness (QED) is 0.271. The minimum absolute atomic E-state index is 0.241. The molecule has 98 valence electrons. The highest BCUT2D eigenvalue weighted by Gasteiger charge is 2.04. The van der Waals surface area contributed by atoms with E-state index in [1.165, 1.54) is 39.2 Å². The maximum absolute atomic E-state index is 11.2. The van der Waals surface area contributed by atoms with E-state index < -0.39 is 0 Å². The predicted molar refractivity (Wildman–Crippen MR) is 72.9 cm³/mol. The van der Waals surface area contributed by atoms with Crippen LogP contribution in [0.1, 0.15) is 59.3 Å². The van der Waals surface area contributed by atoms with E-state index in [1.54, 1.807) is 6.92 Å². The lowest BCUT2D eigenvalue weighted by molar-refractivity contribution is -0.136. The van der Waals surface area contributed by atoms with Gasteiger partial charge in [0.15, 0.2) is 0 Å². The highest BCUT2D eigenvalue weighted by Crippen LogP contribution is 2.09. The third-order valence-electron chi connectivity index (χ3n) is 2.93. The van der Waals surface area contributed by atoms with Crippen molar-refractivity contribution in [3.05, 3.63) is 23.3 Å². The second-order valence-corrected chi connectivity index (χ2v) is 4.40. The van der Waals surface area contributed by atoms with Gasteiger partial charge in [-0.1, -0.05) is 44.8 Å². The fourth-order valence-electron chi connectivity index (χ4n) is 1.56. The van der Waals surface area contributed by atoms with Crippen molar-refractivity contribution in [2.45, 2.75) is 59.3 Å². The zero-order chi connectivity index (χ0) is 13.1. The van der Waals surface area contributed by atoms with Crippen LogP contribution in [0.5, 0.6) is 0 Å². The average molecular weight is 238 g/mol. The molecule has 2 heteroatoms. The molecule has 0 N–H and O–H groups in total. The van der Waals surface area contributed by atoms with Gasteiger partial charge in [-0.3, -0.25) is 0 Å². The van der Waals surface area contributed by atoms with Crippen LogP contribution in [0, 0.1) is 0 Å². The van der Waals surface area contributed by atoms with Crippen molar-refractivity contribution in [1.29, 1.82) is 0 Å². The third-order valence-corrected chi connectivity index (χ3v) is 2.93. The van der Waals surface area contributed by atoms with Gasteiger partial charge in [0.05, 0.1) is 7.11 Å². The number of carbonyl (C=O) groups excluding carboxylic acids is 1. The van der Waals surface area contributed by atoms with Crippen LogP contribution in [0.15, 0.2) is 23.3 Å². The molecule has 0 atom stereocenters. The number of carbonyl (C=O) groups is 1. The zero-order valence-corrected chi connectivity index (χ0v) is 11.7. The first-order valence-corrected chi connectivity index (χ1v) is 6.55. The Morgan fingerprint density at radius 2 is 1.76 bits per heavy atom. The van der Waals surface area contributed by atoms with Crippen molar-refractivity contribution < 1.29 is 9.53 Å². The molecule has 0 fully saturated rings. The van der Waals surface area contributed by atoms with Crippen LogP contribution in [0.3, 0.4) is 0 Å². The van der Waals surface area contributed by atoms with Crippen LogP contribution in [0.25, 0.3) is 0 Å². The van der Waals surface area contributed by atoms with Gasteiger partial charge in [-0.2, -0.15) is 0 Å². The van der Waals surface area contributed by atoms with Crippen molar-refractivity contribution in [2.75, 3.05) is 7.11 Å². The maximum Gasteiger partial charge on any atom is 0.333 e. The van der Waals surface area contributed by atoms with E-state index in [-0.39, 0.29) is 5.97 Å². The van der Waals surface area contributed by atoms with Gasteiger partial charge in [0.1, 0.15) is 0 Å². The lowest BCUT2D eigenvalue weighted by atomic mass is 10.1. The molecule has 0 aromatic carbocycles. The first-order chi connectivity index (χ1) is 8.13. The molecule has 0 heterocycles. The summed E-state index contributed by atoms with van der Waals surface area (Å²) >= 11 is 0. The summed E-state index contributed by atoms with van der Waals surface area (Å²) in [6, 6.07) is 0. The number of hydrogen-bond acceptors (Lipinski definition) is 2. The van der Waals surface area contributed by atoms with Crippen LogP contribution >= 0.6 is 0 Å². The molecule has 0 saturated carbocycles. The van der Waals surface area contributed by atoms with E-state index in [1.807, 2.05) is 13.0 Å². The fraction of sp³-hybridized carbons (Fsp3) is 0.667. The number of allylic oxidation sites excluding steroid dienone is 3. The minimum Gasteiger partial charge on any atom is -0.466 e. The Morgan fingerprint density at radius 1 is 1.12 bits per heavy atom. The zero-order valence-electron chi connectivity index (χ0n) is 11.7. The van der Waals surface area contributed by atoms with Gasteiger partial charge < -0.3 is 4.74 Å². The van der Waals surface area contributed by atoms with Gasteiger partial charge in [-0.15, -0.1) is 0 Å². The molecule has 0 radical (unpaired) electrons. The molecule has 0 amide bonds. The second kappa shape index (κ2) is 10.1. The summed E-state index contributed by atoms with van der Waals surface area (Å²) in [5, 5.41) is 0. The molecule has 17 heavy (non-hydrogen) atoms. The second-order valence-electron chi connectivity index (χ2n) is 4.40. The highest BCUT2D eigenvalue weighted by molar-refractivity contribution is 5.88. The van der Waals surface area contributed by atoms with E-state index in [4.69, 9.17) is 0 Å². The van der Waals surface area contributed by atoms with E-state index in [0.717, 1.165) is 12.0 Å². The molecule has 0 rings (SSSR count). The summed E-state index contributed by atoms with van der Waals surface area (Å²) < 4.78 is 4.67. The van der Waals surface area contributed by atoms with Crippen LogP contribution in [0.2, 0.25) is 0 Å². The Labute approximate surface area is 106 Å². The van der Waals surface area contributed by atoms with Crippen molar-refractivity contribution in [1.82, 2.24) is 0 Å². The molecular weight excluding hydrogens is 212 g/mol. The smallest absolute Gasteiger partial charge is 0.333 e. The standard InChI is InChI=1S/C15H26O2/c1-5-6-7-8-9-10-11-12-13(2)14(3)15(16)17-4/h11-12H,5-10H2,1-4H3. The van der Waals surface area contributed by atoms with Crippen LogP contribution in [0.4, 0.5) is 0 Å². The van der Waals surface area contributed by atoms with E-state index in [0.29, 0.717) is 5.57 Å². The molecule has 0 aliphatic carbocycles. The summed E-state index contributed by atoms with van der Waals surface area (Å²) in [6.45, 7) is 5.97. The summed E-state index contributed by atoms with van der Waals surface area (Å²) in [4.78, 5) is 11.2. The Bertz CT molecular complexity index is 275. The van der Waals surface area contributed by atoms with E-state index in [2.05, 4.69) is 17.7 Å². The number of unbranched alkanes of at least 4 members (excludes halogenated alkanes) is 5. The molecule has 0 aliphatic rings. The largest absolute Gasteiger partial charge is 0.466 e. The molecule has 0 unspecified atom stereocenters. The molecule has 0 aliphatic heterocycles. The van der Waals surface area contributed by atoms with Crippen molar-refractivity contribution in [3.63, 3.8) is 0 Å².